The summed E-state index contributed by atoms with van der Waals surface area (Å²) in [6.07, 6.45) is 2.58. The molecule has 0 radical (unpaired) electrons. The van der Waals surface area contributed by atoms with Gasteiger partial charge in [0.15, 0.2) is 0 Å². The third kappa shape index (κ3) is 9.76. The number of hydrogen-bond donors (Lipinski definition) is 2. The SMILES string of the molecule is C=C(N[C@H](C)CNCc1ccccc1)c1cc2c(c(-c3cccc(Br)c3)n1)[C@@H](CCO[Si](c1ccccc1)(c1ccccc1)C(C)(C)C)N([S+]([O-])CCCC)C2. The number of hydrogen-bond acceptors (Lipinski definition) is 6. The minimum Gasteiger partial charge on any atom is -0.598 e. The number of nitrogens with one attached hydrogen (secondary N) is 2. The fraction of sp³-hybridized carbons (Fsp3) is 0.340. The highest BCUT2D eigenvalue weighted by Gasteiger charge is 2.50. The number of halogens is 1. The maximum Gasteiger partial charge on any atom is 0.261 e. The second-order valence-electron chi connectivity index (χ2n) is 15.9. The first-order chi connectivity index (χ1) is 27.0. The van der Waals surface area contributed by atoms with Crippen molar-refractivity contribution < 1.29 is 8.98 Å². The first-order valence-electron chi connectivity index (χ1n) is 19.9. The van der Waals surface area contributed by atoms with E-state index in [1.165, 1.54) is 15.9 Å². The van der Waals surface area contributed by atoms with Crippen LogP contribution in [0.5, 0.6) is 0 Å². The van der Waals surface area contributed by atoms with E-state index in [0.717, 1.165) is 64.2 Å². The second kappa shape index (κ2) is 19.3. The van der Waals surface area contributed by atoms with Crippen LogP contribution in [0.1, 0.15) is 82.3 Å². The molecular weight excluding hydrogens is 793 g/mol. The lowest BCUT2D eigenvalue weighted by molar-refractivity contribution is 0.241. The lowest BCUT2D eigenvalue weighted by Gasteiger charge is -2.43. The Kier molecular flexibility index (Phi) is 14.5. The maximum atomic E-state index is 14.3. The molecule has 6 nitrogen and oxygen atoms in total. The van der Waals surface area contributed by atoms with E-state index in [1.807, 2.05) is 12.1 Å². The van der Waals surface area contributed by atoms with Crippen molar-refractivity contribution >= 4 is 51.7 Å². The smallest absolute Gasteiger partial charge is 0.261 e. The molecule has 56 heavy (non-hydrogen) atoms. The molecule has 0 amide bonds. The van der Waals surface area contributed by atoms with Gasteiger partial charge in [0.25, 0.3) is 8.32 Å². The van der Waals surface area contributed by atoms with E-state index in [1.54, 1.807) is 0 Å². The molecule has 5 aromatic rings. The molecule has 1 aromatic heterocycles. The largest absolute Gasteiger partial charge is 0.598 e. The van der Waals surface area contributed by atoms with Crippen LogP contribution >= 0.6 is 15.9 Å². The Balaban J connectivity index is 1.34. The van der Waals surface area contributed by atoms with Gasteiger partial charge in [0.2, 0.25) is 0 Å². The van der Waals surface area contributed by atoms with Gasteiger partial charge in [-0.05, 0) is 64.5 Å². The molecule has 2 heterocycles. The summed E-state index contributed by atoms with van der Waals surface area (Å²) in [4.78, 5) is 5.37. The Morgan fingerprint density at radius 2 is 1.61 bits per heavy atom. The van der Waals surface area contributed by atoms with E-state index in [4.69, 9.17) is 9.41 Å². The van der Waals surface area contributed by atoms with Gasteiger partial charge in [-0.25, -0.2) is 4.98 Å². The molecule has 4 aromatic carbocycles. The molecule has 0 fully saturated rings. The molecule has 1 unspecified atom stereocenters. The highest BCUT2D eigenvalue weighted by Crippen LogP contribution is 2.45. The number of pyridine rings is 1. The molecule has 1 aliphatic rings. The Bertz CT molecular complexity index is 1990. The molecule has 294 valence electrons. The van der Waals surface area contributed by atoms with Crippen molar-refractivity contribution in [2.75, 3.05) is 18.9 Å². The van der Waals surface area contributed by atoms with E-state index in [2.05, 4.69) is 181 Å². The molecule has 0 saturated carbocycles. The minimum atomic E-state index is -2.78. The van der Waals surface area contributed by atoms with Crippen molar-refractivity contribution in [1.29, 1.82) is 0 Å². The van der Waals surface area contributed by atoms with Gasteiger partial charge in [0.05, 0.1) is 29.7 Å². The molecule has 0 saturated heterocycles. The summed E-state index contributed by atoms with van der Waals surface area (Å²) in [5.74, 6) is 0.630. The lowest BCUT2D eigenvalue weighted by atomic mass is 9.95. The van der Waals surface area contributed by atoms with Crippen LogP contribution in [0.2, 0.25) is 5.04 Å². The number of nitrogens with zero attached hydrogens (tertiary/aromatic N) is 2. The zero-order chi connectivity index (χ0) is 39.7. The van der Waals surface area contributed by atoms with Crippen LogP contribution in [-0.4, -0.2) is 47.1 Å². The second-order valence-corrected chi connectivity index (χ2v) is 22.6. The molecule has 1 aliphatic heterocycles. The topological polar surface area (TPSA) is 72.5 Å². The summed E-state index contributed by atoms with van der Waals surface area (Å²) in [6.45, 7) is 18.4. The zero-order valence-electron chi connectivity index (χ0n) is 33.6. The van der Waals surface area contributed by atoms with Gasteiger partial charge in [0, 0.05) is 52.7 Å². The predicted molar refractivity (Wildman–Crippen MR) is 242 cm³/mol. The number of benzene rings is 4. The Labute approximate surface area is 347 Å². The van der Waals surface area contributed by atoms with E-state index in [9.17, 15) is 4.55 Å². The van der Waals surface area contributed by atoms with Crippen molar-refractivity contribution in [2.24, 2.45) is 0 Å². The molecule has 3 atom stereocenters. The highest BCUT2D eigenvalue weighted by molar-refractivity contribution is 9.10. The van der Waals surface area contributed by atoms with Gasteiger partial charge in [-0.1, -0.05) is 160 Å². The maximum absolute atomic E-state index is 14.3. The fourth-order valence-electron chi connectivity index (χ4n) is 7.97. The zero-order valence-corrected chi connectivity index (χ0v) is 37.0. The van der Waals surface area contributed by atoms with Crippen molar-refractivity contribution in [1.82, 2.24) is 19.9 Å². The number of unbranched alkanes of at least 4 members (excludes halogenated alkanes) is 1. The van der Waals surface area contributed by atoms with Crippen LogP contribution in [0.3, 0.4) is 0 Å². The molecular formula is C47H57BrN4O2SSi. The lowest BCUT2D eigenvalue weighted by Crippen LogP contribution is -2.66. The van der Waals surface area contributed by atoms with Crippen molar-refractivity contribution in [3.63, 3.8) is 0 Å². The van der Waals surface area contributed by atoms with Crippen LogP contribution in [0, 0.1) is 0 Å². The molecule has 0 spiro atoms. The van der Waals surface area contributed by atoms with Crippen molar-refractivity contribution in [2.45, 2.75) is 84.1 Å². The summed E-state index contributed by atoms with van der Waals surface area (Å²) >= 11 is 2.55. The normalized spacial score (nSPS) is 15.7. The van der Waals surface area contributed by atoms with Gasteiger partial charge < -0.3 is 19.6 Å². The molecule has 0 bridgehead atoms. The van der Waals surface area contributed by atoms with Gasteiger partial charge in [0.1, 0.15) is 5.75 Å². The third-order valence-electron chi connectivity index (χ3n) is 10.7. The van der Waals surface area contributed by atoms with Crippen LogP contribution < -0.4 is 21.0 Å². The van der Waals surface area contributed by atoms with E-state index in [-0.39, 0.29) is 17.1 Å². The van der Waals surface area contributed by atoms with E-state index in [0.29, 0.717) is 25.3 Å². The predicted octanol–water partition coefficient (Wildman–Crippen LogP) is 9.54. The summed E-state index contributed by atoms with van der Waals surface area (Å²) in [6, 6.07) is 42.5. The summed E-state index contributed by atoms with van der Waals surface area (Å²) < 4.78 is 24.9. The molecule has 2 N–H and O–H groups in total. The first kappa shape index (κ1) is 42.1. The quantitative estimate of drug-likeness (QED) is 0.0677. The van der Waals surface area contributed by atoms with Gasteiger partial charge in [-0.15, -0.1) is 4.31 Å². The van der Waals surface area contributed by atoms with Crippen LogP contribution in [0.4, 0.5) is 0 Å². The first-order valence-corrected chi connectivity index (χ1v) is 23.9. The summed E-state index contributed by atoms with van der Waals surface area (Å²) in [7, 11) is -2.78. The monoisotopic (exact) mass is 848 g/mol. The highest BCUT2D eigenvalue weighted by atomic mass is 79.9. The average Bonchev–Trinajstić information content (AvgIpc) is 3.57. The fourth-order valence-corrected chi connectivity index (χ4v) is 14.5. The van der Waals surface area contributed by atoms with E-state index >= 15 is 0 Å². The molecule has 0 aliphatic carbocycles. The number of fused-ring (bicyclic) bond motifs is 1. The summed E-state index contributed by atoms with van der Waals surface area (Å²) in [5.41, 5.74) is 7.03. The Morgan fingerprint density at radius 3 is 2.21 bits per heavy atom. The van der Waals surface area contributed by atoms with Crippen molar-refractivity contribution in [3.8, 4) is 11.3 Å². The van der Waals surface area contributed by atoms with Gasteiger partial charge >= 0.3 is 0 Å². The average molecular weight is 850 g/mol. The summed E-state index contributed by atoms with van der Waals surface area (Å²) in [5, 5.41) is 9.54. The van der Waals surface area contributed by atoms with E-state index < -0.39 is 19.7 Å². The minimum absolute atomic E-state index is 0.125. The van der Waals surface area contributed by atoms with Crippen LogP contribution in [0.25, 0.3) is 17.0 Å². The molecule has 6 rings (SSSR count). The standard InChI is InChI=1S/C47H57BrN4O2SSi/c1-7-8-29-55(53)52-34-39-31-43(36(3)50-35(2)32-49-33-37-19-12-9-13-20-37)51-46(38-21-18-22-40(48)30-38)45(39)44(52)27-28-54-56(47(4,5)6,41-23-14-10-15-24-41)42-25-16-11-17-26-42/h9-26,30-31,35,44,49-50H,3,7-8,27-29,32-34H2,1-2,4-6H3/t35-,44-,55?/m1/s1. The van der Waals surface area contributed by atoms with Crippen LogP contribution in [0.15, 0.2) is 132 Å². The van der Waals surface area contributed by atoms with Crippen LogP contribution in [-0.2, 0) is 28.9 Å². The van der Waals surface area contributed by atoms with Gasteiger partial charge in [-0.3, -0.25) is 0 Å². The number of rotatable bonds is 18. The van der Waals surface area contributed by atoms with Gasteiger partial charge in [-0.2, -0.15) is 0 Å². The Hall–Kier alpha value is -3.54. The Morgan fingerprint density at radius 1 is 0.964 bits per heavy atom. The molecule has 9 heteroatoms. The van der Waals surface area contributed by atoms with Crippen molar-refractivity contribution in [3.05, 3.63) is 155 Å². The number of aromatic nitrogens is 1. The third-order valence-corrected chi connectivity index (χ3v) is 17.7.